The van der Waals surface area contributed by atoms with Crippen LogP contribution in [0.15, 0.2) is 40.0 Å². The van der Waals surface area contributed by atoms with E-state index < -0.39 is 11.9 Å². The molecule has 0 saturated heterocycles. The molecule has 0 heterocycles. The summed E-state index contributed by atoms with van der Waals surface area (Å²) in [6.07, 6.45) is 0. The van der Waals surface area contributed by atoms with Gasteiger partial charge < -0.3 is 15.8 Å². The lowest BCUT2D eigenvalue weighted by atomic mass is 10.2. The average molecular weight is 371 g/mol. The van der Waals surface area contributed by atoms with Crippen molar-refractivity contribution in [1.82, 2.24) is 5.32 Å². The molecule has 21 heavy (non-hydrogen) atoms. The summed E-state index contributed by atoms with van der Waals surface area (Å²) in [6.45, 7) is 3.38. The Labute approximate surface area is 136 Å². The maximum Gasteiger partial charge on any atom is 0.342 e. The van der Waals surface area contributed by atoms with Gasteiger partial charge in [-0.15, -0.1) is 0 Å². The number of hydrogen-bond acceptors (Lipinski definition) is 5. The Morgan fingerprint density at radius 1 is 1.33 bits per heavy atom. The zero-order valence-electron chi connectivity index (χ0n) is 11.6. The van der Waals surface area contributed by atoms with Gasteiger partial charge in [-0.1, -0.05) is 28.1 Å². The first-order valence-electron chi connectivity index (χ1n) is 6.11. The van der Waals surface area contributed by atoms with Gasteiger partial charge >= 0.3 is 5.97 Å². The van der Waals surface area contributed by atoms with E-state index in [0.717, 1.165) is 4.47 Å². The molecule has 7 heteroatoms. The molecule has 0 spiro atoms. The maximum atomic E-state index is 12.0. The van der Waals surface area contributed by atoms with Crippen LogP contribution in [0.4, 0.5) is 0 Å². The third kappa shape index (κ3) is 4.95. The molecule has 0 saturated carbocycles. The van der Waals surface area contributed by atoms with E-state index in [2.05, 4.69) is 21.2 Å². The van der Waals surface area contributed by atoms with Gasteiger partial charge in [0.1, 0.15) is 10.6 Å². The average Bonchev–Trinajstić information content (AvgIpc) is 2.39. The number of ether oxygens (including phenoxy) is 1. The Morgan fingerprint density at radius 3 is 2.38 bits per heavy atom. The van der Waals surface area contributed by atoms with Crippen molar-refractivity contribution in [1.29, 1.82) is 0 Å². The van der Waals surface area contributed by atoms with Gasteiger partial charge in [0, 0.05) is 15.7 Å². The van der Waals surface area contributed by atoms with Crippen LogP contribution in [0.3, 0.4) is 0 Å². The molecule has 1 rings (SSSR count). The number of thiocarbonyl (C=S) groups is 1. The second kappa shape index (κ2) is 7.90. The predicted octanol–water partition coefficient (Wildman–Crippen LogP) is 2.30. The van der Waals surface area contributed by atoms with Crippen LogP contribution < -0.4 is 11.1 Å². The van der Waals surface area contributed by atoms with Crippen LogP contribution in [0.1, 0.15) is 24.2 Å². The van der Waals surface area contributed by atoms with Crippen molar-refractivity contribution in [2.75, 3.05) is 6.61 Å². The summed E-state index contributed by atoms with van der Waals surface area (Å²) >= 11 is 8.35. The number of amides is 1. The number of rotatable bonds is 4. The second-order valence-electron chi connectivity index (χ2n) is 4.07. The van der Waals surface area contributed by atoms with Crippen molar-refractivity contribution in [3.05, 3.63) is 45.6 Å². The monoisotopic (exact) mass is 370 g/mol. The van der Waals surface area contributed by atoms with E-state index in [4.69, 9.17) is 22.7 Å². The van der Waals surface area contributed by atoms with Crippen molar-refractivity contribution >= 4 is 45.0 Å². The summed E-state index contributed by atoms with van der Waals surface area (Å²) in [7, 11) is 0. The number of allylic oxidation sites excluding steroid dienone is 1. The number of esters is 1. The number of nitrogens with one attached hydrogen (secondary N) is 1. The lowest BCUT2D eigenvalue weighted by Crippen LogP contribution is -2.34. The van der Waals surface area contributed by atoms with Gasteiger partial charge in [0.15, 0.2) is 0 Å². The fourth-order valence-electron chi connectivity index (χ4n) is 1.48. The topological polar surface area (TPSA) is 81.4 Å². The molecule has 0 bridgehead atoms. The molecule has 0 aliphatic rings. The summed E-state index contributed by atoms with van der Waals surface area (Å²) < 4.78 is 5.72. The first-order chi connectivity index (χ1) is 9.86. The summed E-state index contributed by atoms with van der Waals surface area (Å²) in [5.41, 5.74) is 6.24. The molecular formula is C14H15BrN2O3S. The van der Waals surface area contributed by atoms with Crippen LogP contribution in [0.25, 0.3) is 0 Å². The number of halogens is 1. The number of benzene rings is 1. The molecule has 5 nitrogen and oxygen atoms in total. The maximum absolute atomic E-state index is 12.0. The van der Waals surface area contributed by atoms with E-state index in [9.17, 15) is 9.59 Å². The van der Waals surface area contributed by atoms with Crippen molar-refractivity contribution in [2.24, 2.45) is 5.73 Å². The second-order valence-corrected chi connectivity index (χ2v) is 5.39. The van der Waals surface area contributed by atoms with Crippen molar-refractivity contribution < 1.29 is 14.3 Å². The minimum atomic E-state index is -0.654. The third-order valence-electron chi connectivity index (χ3n) is 2.43. The van der Waals surface area contributed by atoms with Crippen LogP contribution in [-0.2, 0) is 9.53 Å². The Hall–Kier alpha value is -1.73. The van der Waals surface area contributed by atoms with Gasteiger partial charge in [0.25, 0.3) is 5.91 Å². The van der Waals surface area contributed by atoms with Crippen LogP contribution in [0, 0.1) is 0 Å². The molecular weight excluding hydrogens is 356 g/mol. The summed E-state index contributed by atoms with van der Waals surface area (Å²) in [6, 6.07) is 6.72. The molecule has 1 aromatic rings. The highest BCUT2D eigenvalue weighted by molar-refractivity contribution is 9.10. The zero-order chi connectivity index (χ0) is 16.0. The Morgan fingerprint density at radius 2 is 1.90 bits per heavy atom. The SMILES string of the molecule is CCOC(=O)/C(C(=S)NC(=O)c1ccc(Br)cc1)=C(/C)N. The van der Waals surface area contributed by atoms with E-state index >= 15 is 0 Å². The first-order valence-corrected chi connectivity index (χ1v) is 7.31. The summed E-state index contributed by atoms with van der Waals surface area (Å²) in [5.74, 6) is -1.07. The van der Waals surface area contributed by atoms with Crippen LogP contribution >= 0.6 is 28.1 Å². The van der Waals surface area contributed by atoms with Gasteiger partial charge in [-0.05, 0) is 38.1 Å². The fourth-order valence-corrected chi connectivity index (χ4v) is 2.08. The lowest BCUT2D eigenvalue weighted by molar-refractivity contribution is -0.137. The Bertz CT molecular complexity index is 593. The van der Waals surface area contributed by atoms with Gasteiger partial charge in [-0.2, -0.15) is 0 Å². The third-order valence-corrected chi connectivity index (χ3v) is 3.27. The molecule has 1 aromatic carbocycles. The van der Waals surface area contributed by atoms with Crippen molar-refractivity contribution in [3.63, 3.8) is 0 Å². The highest BCUT2D eigenvalue weighted by Gasteiger charge is 2.20. The van der Waals surface area contributed by atoms with E-state index in [-0.39, 0.29) is 22.9 Å². The standard InChI is InChI=1S/C14H15BrN2O3S/c1-3-20-14(19)11(8(2)16)13(21)17-12(18)9-4-6-10(15)7-5-9/h4-7H,3,16H2,1-2H3,(H,17,18,21)/b11-8-. The van der Waals surface area contributed by atoms with E-state index in [1.54, 1.807) is 31.2 Å². The molecule has 112 valence electrons. The van der Waals surface area contributed by atoms with Gasteiger partial charge in [0.2, 0.25) is 0 Å². The molecule has 1 amide bonds. The smallest absolute Gasteiger partial charge is 0.342 e. The number of carbonyl (C=O) groups excluding carboxylic acids is 2. The van der Waals surface area contributed by atoms with E-state index in [1.165, 1.54) is 6.92 Å². The molecule has 0 aliphatic carbocycles. The molecule has 0 aliphatic heterocycles. The predicted molar refractivity (Wildman–Crippen MR) is 87.7 cm³/mol. The Balaban J connectivity index is 2.88. The molecule has 0 radical (unpaired) electrons. The van der Waals surface area contributed by atoms with E-state index in [1.807, 2.05) is 0 Å². The van der Waals surface area contributed by atoms with Crippen molar-refractivity contribution in [3.8, 4) is 0 Å². The van der Waals surface area contributed by atoms with Gasteiger partial charge in [0.05, 0.1) is 6.61 Å². The molecule has 0 atom stereocenters. The van der Waals surface area contributed by atoms with Crippen LogP contribution in [0.5, 0.6) is 0 Å². The Kier molecular flexibility index (Phi) is 6.51. The number of nitrogens with two attached hydrogens (primary N) is 1. The fraction of sp³-hybridized carbons (Fsp3) is 0.214. The van der Waals surface area contributed by atoms with Gasteiger partial charge in [-0.25, -0.2) is 4.79 Å². The van der Waals surface area contributed by atoms with Gasteiger partial charge in [-0.3, -0.25) is 4.79 Å². The van der Waals surface area contributed by atoms with E-state index in [0.29, 0.717) is 5.56 Å². The summed E-state index contributed by atoms with van der Waals surface area (Å²) in [5, 5.41) is 2.47. The van der Waals surface area contributed by atoms with Crippen LogP contribution in [-0.4, -0.2) is 23.5 Å². The summed E-state index contributed by atoms with van der Waals surface area (Å²) in [4.78, 5) is 23.8. The lowest BCUT2D eigenvalue weighted by Gasteiger charge is -2.11. The first kappa shape index (κ1) is 17.3. The largest absolute Gasteiger partial charge is 0.462 e. The van der Waals surface area contributed by atoms with Crippen molar-refractivity contribution in [2.45, 2.75) is 13.8 Å². The molecule has 0 unspecified atom stereocenters. The minimum absolute atomic E-state index is 0.00249. The molecule has 3 N–H and O–H groups in total. The molecule has 0 aromatic heterocycles. The normalized spacial score (nSPS) is 11.4. The quantitative estimate of drug-likeness (QED) is 0.482. The zero-order valence-corrected chi connectivity index (χ0v) is 14.0. The highest BCUT2D eigenvalue weighted by Crippen LogP contribution is 2.11. The highest BCUT2D eigenvalue weighted by atomic mass is 79.9. The number of hydrogen-bond donors (Lipinski definition) is 2. The van der Waals surface area contributed by atoms with Crippen LogP contribution in [0.2, 0.25) is 0 Å². The minimum Gasteiger partial charge on any atom is -0.462 e. The number of carbonyl (C=O) groups is 2. The molecule has 0 fully saturated rings.